The summed E-state index contributed by atoms with van der Waals surface area (Å²) in [6.45, 7) is 0. The van der Waals surface area contributed by atoms with E-state index in [2.05, 4.69) is 0 Å². The van der Waals surface area contributed by atoms with E-state index in [1.165, 1.54) is 4.90 Å². The number of hydrogen-bond donors (Lipinski definition) is 2. The maximum atomic E-state index is 5.81. The average Bonchev–Trinajstić information content (AvgIpc) is 2.09. The molecule has 4 heteroatoms. The molecule has 0 bridgehead atoms. The molecule has 0 aliphatic rings. The monoisotopic (exact) mass is 200 g/mol. The van der Waals surface area contributed by atoms with Gasteiger partial charge in [-0.2, -0.15) is 0 Å². The molecular formula is C8H12N2S2. The second-order valence-corrected chi connectivity index (χ2v) is 3.97. The molecule has 0 fully saturated rings. The molecule has 1 rings (SSSR count). The number of rotatable bonds is 2. The third-order valence-corrected chi connectivity index (χ3v) is 3.38. The highest BCUT2D eigenvalue weighted by molar-refractivity contribution is 8.01. The van der Waals surface area contributed by atoms with Crippen molar-refractivity contribution in [2.45, 2.75) is 9.79 Å². The van der Waals surface area contributed by atoms with Crippen molar-refractivity contribution in [2.75, 3.05) is 24.0 Å². The lowest BCUT2D eigenvalue weighted by molar-refractivity contribution is 1.27. The Morgan fingerprint density at radius 2 is 1.75 bits per heavy atom. The summed E-state index contributed by atoms with van der Waals surface area (Å²) in [6, 6.07) is 3.85. The second kappa shape index (κ2) is 3.96. The second-order valence-electron chi connectivity index (χ2n) is 2.30. The minimum atomic E-state index is 0.664. The number of nitrogen functional groups attached to an aromatic ring is 2. The standard InChI is InChI=1S/C8H12N2S2/c1-11-6-4-3-5(9)7(10)8(6)12-2/h3-4H,9-10H2,1-2H3. The van der Waals surface area contributed by atoms with E-state index in [-0.39, 0.29) is 0 Å². The molecular weight excluding hydrogens is 188 g/mol. The van der Waals surface area contributed by atoms with Crippen LogP contribution in [0.4, 0.5) is 11.4 Å². The van der Waals surface area contributed by atoms with Crippen LogP contribution in [0.1, 0.15) is 0 Å². The lowest BCUT2D eigenvalue weighted by Gasteiger charge is -2.09. The lowest BCUT2D eigenvalue weighted by atomic mass is 10.3. The molecule has 0 unspecified atom stereocenters. The third-order valence-electron chi connectivity index (χ3n) is 1.62. The van der Waals surface area contributed by atoms with Gasteiger partial charge in [0.15, 0.2) is 0 Å². The zero-order valence-electron chi connectivity index (χ0n) is 7.13. The molecule has 12 heavy (non-hydrogen) atoms. The maximum Gasteiger partial charge on any atom is 0.0697 e. The smallest absolute Gasteiger partial charge is 0.0697 e. The van der Waals surface area contributed by atoms with Gasteiger partial charge in [0.25, 0.3) is 0 Å². The van der Waals surface area contributed by atoms with Gasteiger partial charge in [0.1, 0.15) is 0 Å². The fourth-order valence-corrected chi connectivity index (χ4v) is 2.57. The Labute approximate surface area is 81.1 Å². The lowest BCUT2D eigenvalue weighted by Crippen LogP contribution is -1.97. The molecule has 0 heterocycles. The van der Waals surface area contributed by atoms with Gasteiger partial charge >= 0.3 is 0 Å². The molecule has 0 atom stereocenters. The molecule has 0 radical (unpaired) electrons. The Kier molecular flexibility index (Phi) is 3.17. The Morgan fingerprint density at radius 3 is 2.25 bits per heavy atom. The molecule has 0 amide bonds. The number of thioether (sulfide) groups is 2. The first kappa shape index (κ1) is 9.61. The van der Waals surface area contributed by atoms with Gasteiger partial charge in [0, 0.05) is 9.79 Å². The molecule has 0 saturated heterocycles. The van der Waals surface area contributed by atoms with E-state index < -0.39 is 0 Å². The highest BCUT2D eigenvalue weighted by atomic mass is 32.2. The van der Waals surface area contributed by atoms with Gasteiger partial charge in [0.2, 0.25) is 0 Å². The van der Waals surface area contributed by atoms with Crippen molar-refractivity contribution in [3.8, 4) is 0 Å². The molecule has 0 saturated carbocycles. The normalized spacial score (nSPS) is 10.2. The minimum absolute atomic E-state index is 0.664. The Morgan fingerprint density at radius 1 is 1.08 bits per heavy atom. The number of anilines is 2. The molecule has 0 aromatic heterocycles. The largest absolute Gasteiger partial charge is 0.397 e. The SMILES string of the molecule is CSc1ccc(N)c(N)c1SC. The van der Waals surface area contributed by atoms with Crippen molar-refractivity contribution in [3.05, 3.63) is 12.1 Å². The van der Waals surface area contributed by atoms with Crippen LogP contribution in [0.5, 0.6) is 0 Å². The zero-order valence-corrected chi connectivity index (χ0v) is 8.76. The van der Waals surface area contributed by atoms with Crippen molar-refractivity contribution in [2.24, 2.45) is 0 Å². The summed E-state index contributed by atoms with van der Waals surface area (Å²) in [4.78, 5) is 2.27. The summed E-state index contributed by atoms with van der Waals surface area (Å²) >= 11 is 3.32. The molecule has 0 aliphatic heterocycles. The summed E-state index contributed by atoms with van der Waals surface area (Å²) in [5, 5.41) is 0. The maximum absolute atomic E-state index is 5.81. The summed E-state index contributed by atoms with van der Waals surface area (Å²) in [5.74, 6) is 0. The van der Waals surface area contributed by atoms with E-state index in [1.54, 1.807) is 23.5 Å². The van der Waals surface area contributed by atoms with Gasteiger partial charge in [-0.3, -0.25) is 0 Å². The van der Waals surface area contributed by atoms with Crippen LogP contribution in [-0.4, -0.2) is 12.5 Å². The molecule has 1 aromatic carbocycles. The predicted molar refractivity (Wildman–Crippen MR) is 58.8 cm³/mol. The number of nitrogens with two attached hydrogens (primary N) is 2. The summed E-state index contributed by atoms with van der Waals surface area (Å²) in [6.07, 6.45) is 4.04. The van der Waals surface area contributed by atoms with Gasteiger partial charge < -0.3 is 11.5 Å². The van der Waals surface area contributed by atoms with Crippen molar-refractivity contribution < 1.29 is 0 Å². The van der Waals surface area contributed by atoms with E-state index in [4.69, 9.17) is 11.5 Å². The highest BCUT2D eigenvalue weighted by Crippen LogP contribution is 2.36. The summed E-state index contributed by atoms with van der Waals surface area (Å²) < 4.78 is 0. The van der Waals surface area contributed by atoms with Gasteiger partial charge in [-0.15, -0.1) is 23.5 Å². The van der Waals surface area contributed by atoms with Crippen LogP contribution in [0.2, 0.25) is 0 Å². The average molecular weight is 200 g/mol. The van der Waals surface area contributed by atoms with E-state index in [0.717, 1.165) is 4.90 Å². The molecule has 2 nitrogen and oxygen atoms in total. The predicted octanol–water partition coefficient (Wildman–Crippen LogP) is 2.29. The quantitative estimate of drug-likeness (QED) is 0.568. The first-order valence-electron chi connectivity index (χ1n) is 3.46. The first-order valence-corrected chi connectivity index (χ1v) is 5.91. The van der Waals surface area contributed by atoms with Crippen LogP contribution >= 0.6 is 23.5 Å². The summed E-state index contributed by atoms with van der Waals surface area (Å²) in [7, 11) is 0. The van der Waals surface area contributed by atoms with E-state index >= 15 is 0 Å². The zero-order chi connectivity index (χ0) is 9.14. The Hall–Kier alpha value is -0.480. The van der Waals surface area contributed by atoms with Crippen molar-refractivity contribution in [1.82, 2.24) is 0 Å². The number of hydrogen-bond acceptors (Lipinski definition) is 4. The summed E-state index contributed by atoms with van der Waals surface area (Å²) in [5.41, 5.74) is 12.8. The highest BCUT2D eigenvalue weighted by Gasteiger charge is 2.06. The Balaban J connectivity index is 3.25. The van der Waals surface area contributed by atoms with Gasteiger partial charge in [-0.1, -0.05) is 0 Å². The van der Waals surface area contributed by atoms with Gasteiger partial charge in [0.05, 0.1) is 11.4 Å². The molecule has 1 aromatic rings. The molecule has 66 valence electrons. The van der Waals surface area contributed by atoms with Gasteiger partial charge in [-0.05, 0) is 24.6 Å². The molecule has 0 aliphatic carbocycles. The fourth-order valence-electron chi connectivity index (χ4n) is 0.966. The van der Waals surface area contributed by atoms with Crippen molar-refractivity contribution in [3.63, 3.8) is 0 Å². The van der Waals surface area contributed by atoms with E-state index in [9.17, 15) is 0 Å². The first-order chi connectivity index (χ1) is 5.70. The number of benzene rings is 1. The minimum Gasteiger partial charge on any atom is -0.397 e. The Bertz CT molecular complexity index is 287. The van der Waals surface area contributed by atoms with Crippen LogP contribution in [0.25, 0.3) is 0 Å². The van der Waals surface area contributed by atoms with E-state index in [1.807, 2.05) is 24.6 Å². The third kappa shape index (κ3) is 1.64. The van der Waals surface area contributed by atoms with Crippen molar-refractivity contribution >= 4 is 34.9 Å². The fraction of sp³-hybridized carbons (Fsp3) is 0.250. The van der Waals surface area contributed by atoms with Crippen LogP contribution in [0, 0.1) is 0 Å². The van der Waals surface area contributed by atoms with Crippen LogP contribution in [0.3, 0.4) is 0 Å². The van der Waals surface area contributed by atoms with Crippen molar-refractivity contribution in [1.29, 1.82) is 0 Å². The van der Waals surface area contributed by atoms with Crippen LogP contribution in [-0.2, 0) is 0 Å². The van der Waals surface area contributed by atoms with E-state index in [0.29, 0.717) is 11.4 Å². The topological polar surface area (TPSA) is 52.0 Å². The van der Waals surface area contributed by atoms with Crippen LogP contribution in [0.15, 0.2) is 21.9 Å². The van der Waals surface area contributed by atoms with Gasteiger partial charge in [-0.25, -0.2) is 0 Å². The molecule has 4 N–H and O–H groups in total. The van der Waals surface area contributed by atoms with Crippen LogP contribution < -0.4 is 11.5 Å². The molecule has 0 spiro atoms.